The molecule has 31 heavy (non-hydrogen) atoms. The number of aliphatic hydroxyl groups excluding tert-OH is 3. The fourth-order valence-electron chi connectivity index (χ4n) is 4.07. The van der Waals surface area contributed by atoms with Crippen molar-refractivity contribution in [2.75, 3.05) is 19.8 Å². The van der Waals surface area contributed by atoms with Crippen LogP contribution in [0.2, 0.25) is 0 Å². The minimum Gasteiger partial charge on any atom is -0.388 e. The summed E-state index contributed by atoms with van der Waals surface area (Å²) in [4.78, 5) is 0. The molecule has 1 aliphatic rings. The summed E-state index contributed by atoms with van der Waals surface area (Å²) in [6, 6.07) is 0. The van der Waals surface area contributed by atoms with E-state index in [2.05, 4.69) is 19.1 Å². The number of hydrogen-bond donors (Lipinski definition) is 3. The summed E-state index contributed by atoms with van der Waals surface area (Å²) in [7, 11) is 0. The van der Waals surface area contributed by atoms with Crippen molar-refractivity contribution in [1.29, 1.82) is 0 Å². The molecule has 1 heterocycles. The molecule has 0 amide bonds. The maximum atomic E-state index is 9.96. The molecule has 0 aromatic rings. The van der Waals surface area contributed by atoms with Crippen LogP contribution >= 0.6 is 0 Å². The first-order valence-corrected chi connectivity index (χ1v) is 13.0. The van der Waals surface area contributed by atoms with Crippen molar-refractivity contribution in [2.24, 2.45) is 0 Å². The maximum Gasteiger partial charge on any atom is 0.114 e. The largest absolute Gasteiger partial charge is 0.388 e. The highest BCUT2D eigenvalue weighted by Gasteiger charge is 2.39. The van der Waals surface area contributed by atoms with Gasteiger partial charge in [-0.2, -0.15) is 0 Å². The van der Waals surface area contributed by atoms with Crippen molar-refractivity contribution >= 4 is 0 Å². The third kappa shape index (κ3) is 15.1. The Balaban J connectivity index is 1.75. The third-order valence-corrected chi connectivity index (χ3v) is 6.16. The molecular weight excluding hydrogens is 392 g/mol. The van der Waals surface area contributed by atoms with Gasteiger partial charge in [-0.1, -0.05) is 89.7 Å². The van der Waals surface area contributed by atoms with Crippen LogP contribution < -0.4 is 0 Å². The van der Waals surface area contributed by atoms with Crippen molar-refractivity contribution in [2.45, 2.75) is 134 Å². The van der Waals surface area contributed by atoms with Gasteiger partial charge in [0.15, 0.2) is 0 Å². The highest BCUT2D eigenvalue weighted by molar-refractivity contribution is 4.87. The molecular formula is C26H50O5. The Labute approximate surface area is 191 Å². The number of allylic oxidation sites excluding steroid dienone is 2. The third-order valence-electron chi connectivity index (χ3n) is 6.16. The quantitative estimate of drug-likeness (QED) is 0.166. The van der Waals surface area contributed by atoms with Gasteiger partial charge in [-0.3, -0.25) is 0 Å². The smallest absolute Gasteiger partial charge is 0.114 e. The lowest BCUT2D eigenvalue weighted by atomic mass is 10.1. The minimum atomic E-state index is -1.03. The van der Waals surface area contributed by atoms with Crippen LogP contribution in [0.5, 0.6) is 0 Å². The fourth-order valence-corrected chi connectivity index (χ4v) is 4.07. The molecule has 0 spiro atoms. The van der Waals surface area contributed by atoms with Gasteiger partial charge in [-0.25, -0.2) is 0 Å². The van der Waals surface area contributed by atoms with E-state index >= 15 is 0 Å². The summed E-state index contributed by atoms with van der Waals surface area (Å²) >= 11 is 0. The number of aliphatic hydroxyl groups is 3. The van der Waals surface area contributed by atoms with Gasteiger partial charge in [0.05, 0.1) is 13.2 Å². The molecule has 0 aromatic heterocycles. The second-order valence-electron chi connectivity index (χ2n) is 9.14. The summed E-state index contributed by atoms with van der Waals surface area (Å²) < 4.78 is 10.7. The predicted octanol–water partition coefficient (Wildman–Crippen LogP) is 5.30. The summed E-state index contributed by atoms with van der Waals surface area (Å²) in [6.07, 6.45) is 22.0. The Morgan fingerprint density at radius 3 is 1.84 bits per heavy atom. The van der Waals surface area contributed by atoms with Crippen LogP contribution in [0.25, 0.3) is 0 Å². The molecule has 0 aliphatic carbocycles. The van der Waals surface area contributed by atoms with Gasteiger partial charge in [-0.05, 0) is 32.1 Å². The molecule has 1 saturated heterocycles. The second kappa shape index (κ2) is 20.2. The van der Waals surface area contributed by atoms with Gasteiger partial charge in [0.25, 0.3) is 0 Å². The zero-order valence-electron chi connectivity index (χ0n) is 20.1. The van der Waals surface area contributed by atoms with Gasteiger partial charge in [0, 0.05) is 6.61 Å². The van der Waals surface area contributed by atoms with E-state index in [0.717, 1.165) is 12.8 Å². The zero-order valence-corrected chi connectivity index (χ0v) is 20.1. The van der Waals surface area contributed by atoms with E-state index in [1.54, 1.807) is 0 Å². The second-order valence-corrected chi connectivity index (χ2v) is 9.14. The van der Waals surface area contributed by atoms with Crippen molar-refractivity contribution in [1.82, 2.24) is 0 Å². The van der Waals surface area contributed by atoms with E-state index in [-0.39, 0.29) is 13.2 Å². The lowest BCUT2D eigenvalue weighted by molar-refractivity contribution is -0.0813. The van der Waals surface area contributed by atoms with E-state index in [1.807, 2.05) is 0 Å². The number of unbranched alkanes of at least 4 members (excludes halogenated alkanes) is 14. The Morgan fingerprint density at radius 1 is 0.806 bits per heavy atom. The molecule has 5 nitrogen and oxygen atoms in total. The van der Waals surface area contributed by atoms with Crippen LogP contribution in [0.15, 0.2) is 12.2 Å². The molecule has 0 radical (unpaired) electrons. The fraction of sp³-hybridized carbons (Fsp3) is 0.923. The molecule has 1 rings (SSSR count). The SMILES string of the molecule is CCCCCC/C=C/CCCCCCCCCCCCOC[C@H](O)[C@@H]1OC[C@@H](O)[C@@H]1O. The van der Waals surface area contributed by atoms with Crippen LogP contribution in [-0.2, 0) is 9.47 Å². The minimum absolute atomic E-state index is 0.0689. The highest BCUT2D eigenvalue weighted by Crippen LogP contribution is 2.18. The van der Waals surface area contributed by atoms with E-state index in [4.69, 9.17) is 9.47 Å². The number of hydrogen-bond acceptors (Lipinski definition) is 5. The van der Waals surface area contributed by atoms with Gasteiger partial charge in [0.2, 0.25) is 0 Å². The summed E-state index contributed by atoms with van der Waals surface area (Å²) in [5.74, 6) is 0. The average Bonchev–Trinajstić information content (AvgIpc) is 3.10. The van der Waals surface area contributed by atoms with Gasteiger partial charge in [-0.15, -0.1) is 0 Å². The van der Waals surface area contributed by atoms with Crippen LogP contribution in [0, 0.1) is 0 Å². The van der Waals surface area contributed by atoms with Crippen LogP contribution in [0.1, 0.15) is 110 Å². The molecule has 0 saturated carbocycles. The number of ether oxygens (including phenoxy) is 2. The van der Waals surface area contributed by atoms with E-state index in [1.165, 1.54) is 89.9 Å². The summed E-state index contributed by atoms with van der Waals surface area (Å²) in [5.41, 5.74) is 0. The van der Waals surface area contributed by atoms with Crippen LogP contribution in [0.3, 0.4) is 0 Å². The van der Waals surface area contributed by atoms with E-state index in [9.17, 15) is 15.3 Å². The lowest BCUT2D eigenvalue weighted by Gasteiger charge is -2.20. The monoisotopic (exact) mass is 442 g/mol. The molecule has 5 heteroatoms. The zero-order chi connectivity index (χ0) is 22.6. The van der Waals surface area contributed by atoms with E-state index in [0.29, 0.717) is 6.61 Å². The average molecular weight is 443 g/mol. The maximum absolute atomic E-state index is 9.96. The number of rotatable bonds is 21. The van der Waals surface area contributed by atoms with Gasteiger partial charge < -0.3 is 24.8 Å². The molecule has 0 unspecified atom stereocenters. The Morgan fingerprint density at radius 2 is 1.32 bits per heavy atom. The Kier molecular flexibility index (Phi) is 18.6. The van der Waals surface area contributed by atoms with Gasteiger partial charge >= 0.3 is 0 Å². The molecule has 1 fully saturated rings. The van der Waals surface area contributed by atoms with Crippen molar-refractivity contribution in [3.8, 4) is 0 Å². The highest BCUT2D eigenvalue weighted by atomic mass is 16.5. The molecule has 184 valence electrons. The first-order valence-electron chi connectivity index (χ1n) is 13.0. The van der Waals surface area contributed by atoms with Gasteiger partial charge in [0.1, 0.15) is 24.4 Å². The summed E-state index contributed by atoms with van der Waals surface area (Å²) in [6.45, 7) is 3.09. The molecule has 0 aromatic carbocycles. The molecule has 1 aliphatic heterocycles. The summed E-state index contributed by atoms with van der Waals surface area (Å²) in [5, 5.41) is 29.1. The first-order chi connectivity index (χ1) is 15.2. The first kappa shape index (κ1) is 28.6. The van der Waals surface area contributed by atoms with E-state index < -0.39 is 24.4 Å². The van der Waals surface area contributed by atoms with Crippen molar-refractivity contribution in [3.05, 3.63) is 12.2 Å². The van der Waals surface area contributed by atoms with Crippen molar-refractivity contribution < 1.29 is 24.8 Å². The van der Waals surface area contributed by atoms with Crippen molar-refractivity contribution in [3.63, 3.8) is 0 Å². The predicted molar refractivity (Wildman–Crippen MR) is 127 cm³/mol. The molecule has 0 bridgehead atoms. The Hall–Kier alpha value is -0.460. The molecule has 4 atom stereocenters. The lowest BCUT2D eigenvalue weighted by Crippen LogP contribution is -2.40. The van der Waals surface area contributed by atoms with Crippen LogP contribution in [0.4, 0.5) is 0 Å². The van der Waals surface area contributed by atoms with Crippen LogP contribution in [-0.4, -0.2) is 59.6 Å². The standard InChI is InChI=1S/C26H50O5/c1-2-3-4-5-6-7-8-9-10-11-12-13-14-15-16-17-18-19-20-30-21-24(28)26-25(29)23(27)22-31-26/h7-8,23-29H,2-6,9-22H2,1H3/b8-7+/t23-,24+,25+,26+/m1/s1. The Bertz CT molecular complexity index is 415. The normalized spacial score (nSPS) is 22.5. The molecule has 3 N–H and O–H groups in total. The topological polar surface area (TPSA) is 79.2 Å².